The molecule has 0 spiro atoms. The molecule has 2 amide bonds. The summed E-state index contributed by atoms with van der Waals surface area (Å²) >= 11 is 0. The normalized spacial score (nSPS) is 22.6. The van der Waals surface area contributed by atoms with Gasteiger partial charge in [0.25, 0.3) is 5.91 Å². The molecule has 33 heavy (non-hydrogen) atoms. The molecule has 0 aromatic heterocycles. The van der Waals surface area contributed by atoms with E-state index in [0.717, 1.165) is 17.1 Å². The molecule has 2 aromatic carbocycles. The summed E-state index contributed by atoms with van der Waals surface area (Å²) < 4.78 is 4.57. The third-order valence-corrected chi connectivity index (χ3v) is 5.74. The largest absolute Gasteiger partial charge is 0.625 e. The Balaban J connectivity index is 1.52. The van der Waals surface area contributed by atoms with Crippen LogP contribution < -0.4 is 20.2 Å². The van der Waals surface area contributed by atoms with Gasteiger partial charge < -0.3 is 20.2 Å². The molecule has 2 aromatic rings. The van der Waals surface area contributed by atoms with Crippen LogP contribution in [0.4, 0.5) is 22.7 Å². The van der Waals surface area contributed by atoms with Crippen LogP contribution >= 0.6 is 0 Å². The van der Waals surface area contributed by atoms with Crippen molar-refractivity contribution in [3.63, 3.8) is 0 Å². The van der Waals surface area contributed by atoms with Crippen LogP contribution in [0.25, 0.3) is 0 Å². The van der Waals surface area contributed by atoms with Gasteiger partial charge in [0, 0.05) is 37.3 Å². The lowest BCUT2D eigenvalue weighted by Crippen LogP contribution is -2.62. The van der Waals surface area contributed by atoms with Gasteiger partial charge in [-0.25, -0.2) is 4.79 Å². The number of rotatable bonds is 4. The van der Waals surface area contributed by atoms with E-state index in [-0.39, 0.29) is 31.4 Å². The minimum atomic E-state index is -0.856. The van der Waals surface area contributed by atoms with E-state index in [9.17, 15) is 19.6 Å². The highest BCUT2D eigenvalue weighted by Crippen LogP contribution is 2.44. The van der Waals surface area contributed by atoms with E-state index in [0.29, 0.717) is 11.3 Å². The maximum Gasteiger partial charge on any atom is 0.338 e. The van der Waals surface area contributed by atoms with Gasteiger partial charge in [0.05, 0.1) is 5.56 Å². The Kier molecular flexibility index (Phi) is 5.63. The zero-order valence-corrected chi connectivity index (χ0v) is 19.2. The molecule has 2 atom stereocenters. The molecule has 0 aliphatic carbocycles. The first kappa shape index (κ1) is 22.8. The summed E-state index contributed by atoms with van der Waals surface area (Å²) in [5.41, 5.74) is 2.66. The summed E-state index contributed by atoms with van der Waals surface area (Å²) in [5, 5.41) is 19.3. The van der Waals surface area contributed by atoms with Gasteiger partial charge in [0.2, 0.25) is 5.91 Å². The van der Waals surface area contributed by atoms with Gasteiger partial charge in [0.15, 0.2) is 18.4 Å². The van der Waals surface area contributed by atoms with Crippen molar-refractivity contribution in [2.24, 2.45) is 0 Å². The number of nitrogens with one attached hydrogen (secondary N) is 2. The number of ether oxygens (including phenoxy) is 1. The van der Waals surface area contributed by atoms with Crippen LogP contribution in [0.5, 0.6) is 0 Å². The van der Waals surface area contributed by atoms with E-state index in [1.165, 1.54) is 0 Å². The Labute approximate surface area is 192 Å². The summed E-state index contributed by atoms with van der Waals surface area (Å²) in [6.07, 6.45) is 0.391. The highest BCUT2D eigenvalue weighted by molar-refractivity contribution is 6.02. The van der Waals surface area contributed by atoms with Crippen molar-refractivity contribution in [3.05, 3.63) is 53.2 Å². The maximum atomic E-state index is 13.7. The minimum absolute atomic E-state index is 0.0929. The number of amides is 2. The number of benzene rings is 2. The average Bonchev–Trinajstić information content (AvgIpc) is 2.97. The number of piperidine rings is 1. The van der Waals surface area contributed by atoms with Crippen molar-refractivity contribution in [3.8, 4) is 0 Å². The van der Waals surface area contributed by atoms with Crippen molar-refractivity contribution in [1.29, 1.82) is 0 Å². The molecule has 2 N–H and O–H groups in total. The fourth-order valence-corrected chi connectivity index (χ4v) is 4.23. The van der Waals surface area contributed by atoms with Gasteiger partial charge in [-0.15, -0.1) is 0 Å². The number of nitrogens with zero attached hydrogens (tertiary/aromatic N) is 2. The fourth-order valence-electron chi connectivity index (χ4n) is 4.23. The van der Waals surface area contributed by atoms with Crippen LogP contribution in [0, 0.1) is 5.21 Å². The van der Waals surface area contributed by atoms with E-state index < -0.39 is 22.2 Å². The number of quaternary nitrogens is 1. The Morgan fingerprint density at radius 1 is 1.15 bits per heavy atom. The molecule has 2 aliphatic rings. The summed E-state index contributed by atoms with van der Waals surface area (Å²) in [6, 6.07) is 11.5. The third-order valence-electron chi connectivity index (χ3n) is 5.74. The zero-order chi connectivity index (χ0) is 24.0. The summed E-state index contributed by atoms with van der Waals surface area (Å²) in [5.74, 6) is -1.24. The maximum absolute atomic E-state index is 13.7. The van der Waals surface area contributed by atoms with Gasteiger partial charge in [-0.1, -0.05) is 0 Å². The van der Waals surface area contributed by atoms with Gasteiger partial charge in [-0.05, 0) is 57.2 Å². The summed E-state index contributed by atoms with van der Waals surface area (Å²) in [4.78, 5) is 37.9. The van der Waals surface area contributed by atoms with Crippen LogP contribution in [-0.4, -0.2) is 43.1 Å². The molecule has 1 saturated heterocycles. The first-order chi connectivity index (χ1) is 15.5. The van der Waals surface area contributed by atoms with Crippen molar-refractivity contribution in [2.45, 2.75) is 45.3 Å². The summed E-state index contributed by atoms with van der Waals surface area (Å²) in [7, 11) is 1.81. The average molecular weight is 453 g/mol. The monoisotopic (exact) mass is 452 g/mol. The molecule has 2 heterocycles. The molecule has 0 bridgehead atoms. The smallest absolute Gasteiger partial charge is 0.338 e. The molecule has 2 aliphatic heterocycles. The lowest BCUT2D eigenvalue weighted by atomic mass is 10.0. The topological polar surface area (TPSA) is 111 Å². The van der Waals surface area contributed by atoms with E-state index >= 15 is 0 Å². The van der Waals surface area contributed by atoms with Crippen molar-refractivity contribution >= 4 is 40.5 Å². The lowest BCUT2D eigenvalue weighted by molar-refractivity contribution is -0.136. The molecule has 0 radical (unpaired) electrons. The second-order valence-corrected chi connectivity index (χ2v) is 9.51. The second-order valence-electron chi connectivity index (χ2n) is 9.51. The Bertz CT molecular complexity index is 1110. The minimum Gasteiger partial charge on any atom is -0.625 e. The van der Waals surface area contributed by atoms with E-state index in [1.807, 2.05) is 38.8 Å². The number of hydroxylamine groups is 2. The Morgan fingerprint density at radius 2 is 1.82 bits per heavy atom. The molecule has 1 fully saturated rings. The summed E-state index contributed by atoms with van der Waals surface area (Å²) in [6.45, 7) is 5.55. The van der Waals surface area contributed by atoms with Crippen LogP contribution in [-0.2, 0) is 14.3 Å². The standard InChI is InChI=1S/C24H28N4O5/c1-24(2,3)33-23(31)15-5-7-16(8-6-15)25-17-9-10-19-18(13-17)27(4)14-28(19,32)20-11-12-21(29)26-22(20)30/h5-10,13,20,25H,11-12,14H2,1-4H3,(H,26,29,30). The highest BCUT2D eigenvalue weighted by Gasteiger charge is 2.46. The number of esters is 1. The second kappa shape index (κ2) is 8.17. The highest BCUT2D eigenvalue weighted by atomic mass is 16.6. The number of carbonyl (C=O) groups excluding carboxylic acids is 3. The molecule has 9 nitrogen and oxygen atoms in total. The quantitative estimate of drug-likeness (QED) is 0.317. The van der Waals surface area contributed by atoms with Crippen LogP contribution in [0.1, 0.15) is 44.0 Å². The van der Waals surface area contributed by atoms with E-state index in [1.54, 1.807) is 36.4 Å². The molecule has 174 valence electrons. The van der Waals surface area contributed by atoms with Crippen LogP contribution in [0.2, 0.25) is 0 Å². The SMILES string of the molecule is CN1C[N+]([O-])(C2CCC(=O)NC2=O)c2ccc(Nc3ccc(C(=O)OC(C)(C)C)cc3)cc21. The predicted octanol–water partition coefficient (Wildman–Crippen LogP) is 3.40. The van der Waals surface area contributed by atoms with Crippen molar-refractivity contribution in [2.75, 3.05) is 23.9 Å². The number of hydrogen-bond donors (Lipinski definition) is 2. The number of fused-ring (bicyclic) bond motifs is 1. The van der Waals surface area contributed by atoms with Crippen LogP contribution in [0.15, 0.2) is 42.5 Å². The van der Waals surface area contributed by atoms with Gasteiger partial charge in [-0.2, -0.15) is 0 Å². The predicted molar refractivity (Wildman–Crippen MR) is 126 cm³/mol. The third kappa shape index (κ3) is 4.55. The van der Waals surface area contributed by atoms with E-state index in [2.05, 4.69) is 10.6 Å². The molecular formula is C24H28N4O5. The van der Waals surface area contributed by atoms with Gasteiger partial charge in [-0.3, -0.25) is 19.6 Å². The van der Waals surface area contributed by atoms with Crippen molar-refractivity contribution in [1.82, 2.24) is 9.96 Å². The molecule has 4 rings (SSSR count). The molecule has 2 unspecified atom stereocenters. The molecular weight excluding hydrogens is 424 g/mol. The first-order valence-electron chi connectivity index (χ1n) is 10.8. The number of carbonyl (C=O) groups is 3. The first-order valence-corrected chi connectivity index (χ1v) is 10.8. The van der Waals surface area contributed by atoms with Crippen LogP contribution in [0.3, 0.4) is 0 Å². The van der Waals surface area contributed by atoms with Gasteiger partial charge in [0.1, 0.15) is 11.3 Å². The Hall–Kier alpha value is -3.43. The molecule has 0 saturated carbocycles. The molecule has 9 heteroatoms. The van der Waals surface area contributed by atoms with Gasteiger partial charge >= 0.3 is 5.97 Å². The Morgan fingerprint density at radius 3 is 2.45 bits per heavy atom. The van der Waals surface area contributed by atoms with Crippen molar-refractivity contribution < 1.29 is 19.1 Å². The number of anilines is 3. The van der Waals surface area contributed by atoms with E-state index in [4.69, 9.17) is 4.74 Å². The number of hydrogen-bond acceptors (Lipinski definition) is 7. The fraction of sp³-hybridized carbons (Fsp3) is 0.375. The lowest BCUT2D eigenvalue weighted by Gasteiger charge is -2.44. The zero-order valence-electron chi connectivity index (χ0n) is 19.2. The number of imide groups is 1.